The van der Waals surface area contributed by atoms with Gasteiger partial charge in [0.25, 0.3) is 7.82 Å². The van der Waals surface area contributed by atoms with Crippen LogP contribution < -0.4 is 10.2 Å². The molecule has 3 atom stereocenters. The fourth-order valence-corrected chi connectivity index (χ4v) is 9.67. The third-order valence-corrected chi connectivity index (χ3v) is 14.7. The van der Waals surface area contributed by atoms with Crippen molar-refractivity contribution in [1.29, 1.82) is 0 Å². The van der Waals surface area contributed by atoms with E-state index < -0.39 is 26.6 Å². The van der Waals surface area contributed by atoms with E-state index in [1.807, 2.05) is 27.2 Å². The molecule has 9 heteroatoms. The normalized spacial score (nSPS) is 14.2. The molecule has 418 valence electrons. The smallest absolute Gasteiger partial charge is 0.268 e. The first kappa shape index (κ1) is 69.5. The lowest BCUT2D eigenvalue weighted by Crippen LogP contribution is -2.45. The molecule has 0 aromatic carbocycles. The van der Waals surface area contributed by atoms with E-state index in [2.05, 4.69) is 55.6 Å². The van der Waals surface area contributed by atoms with E-state index in [1.54, 1.807) is 6.08 Å². The first-order chi connectivity index (χ1) is 34.5. The summed E-state index contributed by atoms with van der Waals surface area (Å²) in [5.74, 6) is -0.209. The van der Waals surface area contributed by atoms with Crippen molar-refractivity contribution < 1.29 is 32.9 Å². The third-order valence-electron chi connectivity index (χ3n) is 13.7. The van der Waals surface area contributed by atoms with Gasteiger partial charge in [0, 0.05) is 6.42 Å². The summed E-state index contributed by atoms with van der Waals surface area (Å²) < 4.78 is 23.3. The molecule has 71 heavy (non-hydrogen) atoms. The van der Waals surface area contributed by atoms with Gasteiger partial charge in [-0.2, -0.15) is 0 Å². The minimum Gasteiger partial charge on any atom is -0.756 e. The van der Waals surface area contributed by atoms with Crippen LogP contribution in [0.2, 0.25) is 0 Å². The highest BCUT2D eigenvalue weighted by Crippen LogP contribution is 2.38. The summed E-state index contributed by atoms with van der Waals surface area (Å²) in [6.45, 7) is 4.65. The lowest BCUT2D eigenvalue weighted by atomic mass is 10.0. The minimum atomic E-state index is -4.61. The van der Waals surface area contributed by atoms with Crippen molar-refractivity contribution in [2.24, 2.45) is 0 Å². The number of aliphatic hydroxyl groups is 1. The second-order valence-electron chi connectivity index (χ2n) is 22.0. The average molecular weight is 1020 g/mol. The third kappa shape index (κ3) is 56.0. The Kier molecular flexibility index (Phi) is 52.1. The van der Waals surface area contributed by atoms with Gasteiger partial charge in [-0.05, 0) is 70.6 Å². The summed E-state index contributed by atoms with van der Waals surface area (Å²) in [5.41, 5.74) is 0. The molecule has 8 nitrogen and oxygen atoms in total. The van der Waals surface area contributed by atoms with Crippen LogP contribution in [0.3, 0.4) is 0 Å². The topological polar surface area (TPSA) is 108 Å². The van der Waals surface area contributed by atoms with Gasteiger partial charge < -0.3 is 28.8 Å². The average Bonchev–Trinajstić information content (AvgIpc) is 3.33. The molecule has 0 radical (unpaired) electrons. The molecule has 0 saturated heterocycles. The van der Waals surface area contributed by atoms with Gasteiger partial charge in [0.05, 0.1) is 39.9 Å². The summed E-state index contributed by atoms with van der Waals surface area (Å²) in [4.78, 5) is 25.5. The molecular weight excluding hydrogens is 900 g/mol. The zero-order valence-corrected chi connectivity index (χ0v) is 48.6. The van der Waals surface area contributed by atoms with E-state index in [0.29, 0.717) is 17.4 Å². The lowest BCUT2D eigenvalue weighted by molar-refractivity contribution is -0.870. The summed E-state index contributed by atoms with van der Waals surface area (Å²) in [7, 11) is 1.24. The van der Waals surface area contributed by atoms with Gasteiger partial charge in [-0.1, -0.05) is 262 Å². The van der Waals surface area contributed by atoms with Gasteiger partial charge in [0.15, 0.2) is 0 Å². The molecule has 0 saturated carbocycles. The van der Waals surface area contributed by atoms with E-state index >= 15 is 0 Å². The Morgan fingerprint density at radius 3 is 1.14 bits per heavy atom. The lowest BCUT2D eigenvalue weighted by Gasteiger charge is -2.29. The van der Waals surface area contributed by atoms with Crippen LogP contribution in [0.4, 0.5) is 0 Å². The van der Waals surface area contributed by atoms with E-state index in [9.17, 15) is 19.4 Å². The minimum absolute atomic E-state index is 0.00898. The number of nitrogens with one attached hydrogen (secondary N) is 1. The Morgan fingerprint density at radius 2 is 0.789 bits per heavy atom. The number of phosphoric ester groups is 1. The second kappa shape index (κ2) is 53.3. The van der Waals surface area contributed by atoms with Crippen LogP contribution in [0.5, 0.6) is 0 Å². The Morgan fingerprint density at radius 1 is 0.479 bits per heavy atom. The summed E-state index contributed by atoms with van der Waals surface area (Å²) in [6, 6.07) is -0.911. The first-order valence-electron chi connectivity index (χ1n) is 30.5. The van der Waals surface area contributed by atoms with Gasteiger partial charge >= 0.3 is 0 Å². The van der Waals surface area contributed by atoms with Gasteiger partial charge in [-0.15, -0.1) is 0 Å². The SMILES string of the molecule is CCCCCCCCCCCC/C=C/CC/C=C/CC/C=C/C(O)C(COP(=O)([O-])OCC[N+](C)(C)C)NC(=O)CCCCCCCCCCCCCCC/C=C\CCCCCCCCCCCCCC. The molecule has 0 aliphatic heterocycles. The quantitative estimate of drug-likeness (QED) is 0.0272. The predicted octanol–water partition coefficient (Wildman–Crippen LogP) is 18.1. The highest BCUT2D eigenvalue weighted by molar-refractivity contribution is 7.45. The number of hydrogen-bond acceptors (Lipinski definition) is 6. The van der Waals surface area contributed by atoms with Crippen LogP contribution in [0.15, 0.2) is 48.6 Å². The monoisotopic (exact) mass is 1020 g/mol. The maximum absolute atomic E-state index is 13.0. The Bertz CT molecular complexity index is 1290. The number of aliphatic hydroxyl groups excluding tert-OH is 1. The molecule has 1 amide bonds. The van der Waals surface area contributed by atoms with Crippen molar-refractivity contribution >= 4 is 13.7 Å². The fourth-order valence-electron chi connectivity index (χ4n) is 8.95. The number of carbonyl (C=O) groups is 1. The largest absolute Gasteiger partial charge is 0.756 e. The number of likely N-dealkylation sites (N-methyl/N-ethyl adjacent to an activating group) is 1. The van der Waals surface area contributed by atoms with Crippen molar-refractivity contribution in [1.82, 2.24) is 5.32 Å². The maximum Gasteiger partial charge on any atom is 0.268 e. The Labute approximate surface area is 441 Å². The number of hydrogen-bond donors (Lipinski definition) is 2. The van der Waals surface area contributed by atoms with Crippen molar-refractivity contribution in [3.8, 4) is 0 Å². The van der Waals surface area contributed by atoms with Crippen LogP contribution in [0.1, 0.15) is 290 Å². The number of phosphoric acid groups is 1. The van der Waals surface area contributed by atoms with Crippen molar-refractivity contribution in [3.05, 3.63) is 48.6 Å². The number of quaternary nitrogens is 1. The maximum atomic E-state index is 13.0. The van der Waals surface area contributed by atoms with Crippen LogP contribution in [0.25, 0.3) is 0 Å². The van der Waals surface area contributed by atoms with Crippen LogP contribution in [-0.2, 0) is 18.4 Å². The zero-order chi connectivity index (χ0) is 52.0. The summed E-state index contributed by atoms with van der Waals surface area (Å²) in [6.07, 6.45) is 70.6. The summed E-state index contributed by atoms with van der Waals surface area (Å²) >= 11 is 0. The van der Waals surface area contributed by atoms with Crippen LogP contribution in [0, 0.1) is 0 Å². The molecule has 0 aliphatic rings. The van der Waals surface area contributed by atoms with Crippen LogP contribution in [-0.4, -0.2) is 68.5 Å². The molecule has 0 fully saturated rings. The van der Waals surface area contributed by atoms with Crippen molar-refractivity contribution in [2.75, 3.05) is 40.9 Å². The molecule has 0 aliphatic carbocycles. The molecular formula is C62H119N2O6P. The Balaban J connectivity index is 4.18. The highest BCUT2D eigenvalue weighted by Gasteiger charge is 2.23. The predicted molar refractivity (Wildman–Crippen MR) is 307 cm³/mol. The highest BCUT2D eigenvalue weighted by atomic mass is 31.2. The van der Waals surface area contributed by atoms with E-state index in [1.165, 1.54) is 225 Å². The molecule has 0 aromatic rings. The number of unbranched alkanes of at least 4 members (excludes halogenated alkanes) is 37. The molecule has 0 aromatic heterocycles. The second-order valence-corrected chi connectivity index (χ2v) is 23.4. The first-order valence-corrected chi connectivity index (χ1v) is 32.0. The van der Waals surface area contributed by atoms with Crippen molar-refractivity contribution in [3.63, 3.8) is 0 Å². The van der Waals surface area contributed by atoms with Gasteiger partial charge in [0.1, 0.15) is 13.2 Å². The standard InChI is InChI=1S/C62H119N2O6P/c1-6-8-10-12-14-16-18-20-22-24-26-28-29-30-31-32-33-34-35-36-38-40-42-44-46-48-50-52-54-56-62(66)63-60(59-70-71(67,68)69-58-57-64(3,4)5)61(65)55-53-51-49-47-45-43-41-39-37-27-25-23-21-19-17-15-13-11-9-7-2/h30-31,37,39,45,47,53,55,60-61,65H,6-29,32-36,38,40-44,46,48-52,54,56-59H2,1-5H3,(H-,63,66,67,68)/b31-30-,39-37+,47-45+,55-53+. The van der Waals surface area contributed by atoms with Crippen molar-refractivity contribution in [2.45, 2.75) is 302 Å². The van der Waals surface area contributed by atoms with Gasteiger partial charge in [-0.25, -0.2) is 0 Å². The molecule has 2 N–H and O–H groups in total. The fraction of sp³-hybridized carbons (Fsp3) is 0.855. The molecule has 0 heterocycles. The molecule has 0 bridgehead atoms. The van der Waals surface area contributed by atoms with Gasteiger partial charge in [-0.3, -0.25) is 9.36 Å². The van der Waals surface area contributed by atoms with E-state index in [-0.39, 0.29) is 12.5 Å². The summed E-state index contributed by atoms with van der Waals surface area (Å²) in [5, 5.41) is 13.9. The molecule has 0 rings (SSSR count). The number of rotatable bonds is 56. The number of nitrogens with zero attached hydrogens (tertiary/aromatic N) is 1. The van der Waals surface area contributed by atoms with Gasteiger partial charge in [0.2, 0.25) is 5.91 Å². The Hall–Kier alpha value is -1.54. The zero-order valence-electron chi connectivity index (χ0n) is 47.7. The number of amides is 1. The van der Waals surface area contributed by atoms with E-state index in [0.717, 1.165) is 44.9 Å². The molecule has 0 spiro atoms. The molecule has 3 unspecified atom stereocenters. The number of carbonyl (C=O) groups excluding carboxylic acids is 1. The van der Waals surface area contributed by atoms with E-state index in [4.69, 9.17) is 9.05 Å². The van der Waals surface area contributed by atoms with Crippen LogP contribution >= 0.6 is 7.82 Å². The number of allylic oxidation sites excluding steroid dienone is 7.